The maximum Gasteiger partial charge on any atom is 0.137 e. The van der Waals surface area contributed by atoms with Gasteiger partial charge in [0.05, 0.1) is 12.1 Å². The largest absolute Gasteiger partial charge is 0.495 e. The van der Waals surface area contributed by atoms with E-state index in [1.54, 1.807) is 19.2 Å². The lowest BCUT2D eigenvalue weighted by molar-refractivity contribution is 0.185. The molecule has 1 unspecified atom stereocenters. The molecule has 1 aromatic rings. The summed E-state index contributed by atoms with van der Waals surface area (Å²) in [5.41, 5.74) is 6.81. The number of aliphatic hydroxyl groups is 1. The molecule has 4 heteroatoms. The molecule has 3 nitrogen and oxygen atoms in total. The van der Waals surface area contributed by atoms with E-state index in [-0.39, 0.29) is 0 Å². The number of rotatable bonds is 2. The molecule has 1 atom stereocenters. The van der Waals surface area contributed by atoms with Crippen molar-refractivity contribution >= 4 is 11.6 Å². The number of aliphatic hydroxyl groups excluding tert-OH is 1. The van der Waals surface area contributed by atoms with Crippen LogP contribution in [0.1, 0.15) is 17.4 Å². The molecule has 1 rings (SSSR count). The van der Waals surface area contributed by atoms with Crippen molar-refractivity contribution in [2.75, 3.05) is 7.11 Å². The van der Waals surface area contributed by atoms with Crippen molar-refractivity contribution in [3.8, 4) is 5.75 Å². The topological polar surface area (TPSA) is 55.5 Å². The Morgan fingerprint density at radius 3 is 2.62 bits per heavy atom. The van der Waals surface area contributed by atoms with Gasteiger partial charge < -0.3 is 15.6 Å². The second-order valence-corrected chi connectivity index (χ2v) is 3.20. The monoisotopic (exact) mass is 201 g/mol. The molecule has 0 radical (unpaired) electrons. The molecule has 3 N–H and O–H groups in total. The van der Waals surface area contributed by atoms with E-state index < -0.39 is 6.23 Å². The number of hydrogen-bond donors (Lipinski definition) is 2. The summed E-state index contributed by atoms with van der Waals surface area (Å²) in [6.45, 7) is 1.84. The zero-order valence-corrected chi connectivity index (χ0v) is 8.30. The number of ether oxygens (including phenoxy) is 1. The first kappa shape index (κ1) is 10.3. The molecule has 0 bridgehead atoms. The van der Waals surface area contributed by atoms with Crippen LogP contribution in [0.4, 0.5) is 0 Å². The number of aryl methyl sites for hydroxylation is 1. The highest BCUT2D eigenvalue weighted by molar-refractivity contribution is 6.32. The molecular weight excluding hydrogens is 190 g/mol. The molecule has 13 heavy (non-hydrogen) atoms. The van der Waals surface area contributed by atoms with Crippen LogP contribution < -0.4 is 10.5 Å². The molecule has 0 heterocycles. The smallest absolute Gasteiger partial charge is 0.137 e. The van der Waals surface area contributed by atoms with Gasteiger partial charge in [-0.25, -0.2) is 0 Å². The van der Waals surface area contributed by atoms with Gasteiger partial charge in [-0.1, -0.05) is 11.6 Å². The molecule has 0 aliphatic heterocycles. The fourth-order valence-electron chi connectivity index (χ4n) is 1.15. The van der Waals surface area contributed by atoms with Gasteiger partial charge in [-0.05, 0) is 30.2 Å². The fraction of sp³-hybridized carbons (Fsp3) is 0.333. The van der Waals surface area contributed by atoms with Gasteiger partial charge in [0, 0.05) is 0 Å². The average Bonchev–Trinajstić information content (AvgIpc) is 2.07. The maximum atomic E-state index is 9.17. The number of hydrogen-bond acceptors (Lipinski definition) is 3. The van der Waals surface area contributed by atoms with Crippen LogP contribution in [0.5, 0.6) is 5.75 Å². The van der Waals surface area contributed by atoms with Crippen molar-refractivity contribution in [2.45, 2.75) is 13.2 Å². The van der Waals surface area contributed by atoms with Crippen LogP contribution in [0.25, 0.3) is 0 Å². The van der Waals surface area contributed by atoms with Gasteiger partial charge in [0.15, 0.2) is 0 Å². The molecule has 0 aliphatic rings. The first-order chi connectivity index (χ1) is 6.06. The zero-order chi connectivity index (χ0) is 10.0. The summed E-state index contributed by atoms with van der Waals surface area (Å²) >= 11 is 5.85. The SMILES string of the molecule is COc1cc(C)c(C(N)O)cc1Cl. The molecule has 72 valence electrons. The summed E-state index contributed by atoms with van der Waals surface area (Å²) in [5.74, 6) is 0.587. The Hall–Kier alpha value is -0.770. The number of nitrogens with two attached hydrogens (primary N) is 1. The van der Waals surface area contributed by atoms with Crippen LogP contribution in [0, 0.1) is 6.92 Å². The van der Waals surface area contributed by atoms with E-state index in [1.807, 2.05) is 6.92 Å². The maximum absolute atomic E-state index is 9.17. The van der Waals surface area contributed by atoms with Crippen molar-refractivity contribution in [1.82, 2.24) is 0 Å². The Morgan fingerprint density at radius 1 is 1.54 bits per heavy atom. The van der Waals surface area contributed by atoms with Gasteiger partial charge in [0.2, 0.25) is 0 Å². The minimum atomic E-state index is -0.997. The van der Waals surface area contributed by atoms with Gasteiger partial charge in [0.1, 0.15) is 12.0 Å². The van der Waals surface area contributed by atoms with E-state index in [4.69, 9.17) is 22.1 Å². The molecular formula is C9H12ClNO2. The third-order valence-corrected chi connectivity index (χ3v) is 2.15. The Bertz CT molecular complexity index is 313. The quantitative estimate of drug-likeness (QED) is 0.715. The first-order valence-electron chi connectivity index (χ1n) is 3.84. The van der Waals surface area contributed by atoms with Gasteiger partial charge in [-0.15, -0.1) is 0 Å². The summed E-state index contributed by atoms with van der Waals surface area (Å²) in [7, 11) is 1.54. The molecule has 0 saturated heterocycles. The van der Waals surface area contributed by atoms with Crippen LogP contribution in [0.3, 0.4) is 0 Å². The van der Waals surface area contributed by atoms with E-state index in [0.717, 1.165) is 5.56 Å². The minimum Gasteiger partial charge on any atom is -0.495 e. The lowest BCUT2D eigenvalue weighted by atomic mass is 10.1. The third-order valence-electron chi connectivity index (χ3n) is 1.86. The zero-order valence-electron chi connectivity index (χ0n) is 7.54. The standard InChI is InChI=1S/C9H12ClNO2/c1-5-3-8(13-2)7(10)4-6(5)9(11)12/h3-4,9,12H,11H2,1-2H3. The van der Waals surface area contributed by atoms with Crippen molar-refractivity contribution in [1.29, 1.82) is 0 Å². The van der Waals surface area contributed by atoms with E-state index >= 15 is 0 Å². The third kappa shape index (κ3) is 2.12. The van der Waals surface area contributed by atoms with E-state index in [9.17, 15) is 5.11 Å². The van der Waals surface area contributed by atoms with Crippen molar-refractivity contribution in [3.05, 3.63) is 28.3 Å². The van der Waals surface area contributed by atoms with E-state index in [0.29, 0.717) is 16.3 Å². The second kappa shape index (κ2) is 3.96. The number of benzene rings is 1. The number of halogens is 1. The van der Waals surface area contributed by atoms with E-state index in [1.165, 1.54) is 0 Å². The van der Waals surface area contributed by atoms with E-state index in [2.05, 4.69) is 0 Å². The highest BCUT2D eigenvalue weighted by atomic mass is 35.5. The minimum absolute atomic E-state index is 0.451. The molecule has 0 fully saturated rings. The Labute approximate surface area is 82.1 Å². The van der Waals surface area contributed by atoms with Gasteiger partial charge in [0.25, 0.3) is 0 Å². The number of methoxy groups -OCH3 is 1. The van der Waals surface area contributed by atoms with Crippen molar-refractivity contribution in [3.63, 3.8) is 0 Å². The Balaban J connectivity index is 3.20. The molecule has 0 saturated carbocycles. The molecule has 0 spiro atoms. The second-order valence-electron chi connectivity index (χ2n) is 2.79. The van der Waals surface area contributed by atoms with Crippen LogP contribution in [0.15, 0.2) is 12.1 Å². The predicted molar refractivity (Wildman–Crippen MR) is 51.9 cm³/mol. The average molecular weight is 202 g/mol. The van der Waals surface area contributed by atoms with Gasteiger partial charge >= 0.3 is 0 Å². The van der Waals surface area contributed by atoms with Crippen molar-refractivity contribution in [2.24, 2.45) is 5.73 Å². The summed E-state index contributed by atoms with van der Waals surface area (Å²) in [6, 6.07) is 3.36. The Morgan fingerprint density at radius 2 is 2.15 bits per heavy atom. The van der Waals surface area contributed by atoms with Crippen molar-refractivity contribution < 1.29 is 9.84 Å². The molecule has 0 aliphatic carbocycles. The highest BCUT2D eigenvalue weighted by Crippen LogP contribution is 2.29. The molecule has 1 aromatic carbocycles. The normalized spacial score (nSPS) is 12.7. The Kier molecular flexibility index (Phi) is 3.14. The van der Waals surface area contributed by atoms with Gasteiger partial charge in [-0.2, -0.15) is 0 Å². The van der Waals surface area contributed by atoms with Gasteiger partial charge in [-0.3, -0.25) is 0 Å². The summed E-state index contributed by atoms with van der Waals surface area (Å²) in [6.07, 6.45) is -0.997. The first-order valence-corrected chi connectivity index (χ1v) is 4.21. The van der Waals surface area contributed by atoms with Crippen LogP contribution in [-0.4, -0.2) is 12.2 Å². The van der Waals surface area contributed by atoms with Crippen LogP contribution in [0.2, 0.25) is 5.02 Å². The lowest BCUT2D eigenvalue weighted by Gasteiger charge is -2.11. The van der Waals surface area contributed by atoms with Crippen LogP contribution in [-0.2, 0) is 0 Å². The summed E-state index contributed by atoms with van der Waals surface area (Å²) in [5, 5.41) is 9.62. The lowest BCUT2D eigenvalue weighted by Crippen LogP contribution is -2.10. The summed E-state index contributed by atoms with van der Waals surface area (Å²) in [4.78, 5) is 0. The summed E-state index contributed by atoms with van der Waals surface area (Å²) < 4.78 is 5.01. The fourth-order valence-corrected chi connectivity index (χ4v) is 1.39. The highest BCUT2D eigenvalue weighted by Gasteiger charge is 2.09. The van der Waals surface area contributed by atoms with Crippen LogP contribution >= 0.6 is 11.6 Å². The molecule has 0 aromatic heterocycles. The predicted octanol–water partition coefficient (Wildman–Crippen LogP) is 1.61. The molecule has 0 amide bonds.